The third kappa shape index (κ3) is 5.37. The molecule has 34 heavy (non-hydrogen) atoms. The van der Waals surface area contributed by atoms with Gasteiger partial charge < -0.3 is 9.84 Å². The van der Waals surface area contributed by atoms with Gasteiger partial charge in [0.15, 0.2) is 0 Å². The Balaban J connectivity index is 1.68. The smallest absolute Gasteiger partial charge is 0.303 e. The van der Waals surface area contributed by atoms with Crippen LogP contribution in [0.15, 0.2) is 65.7 Å². The lowest BCUT2D eigenvalue weighted by Crippen LogP contribution is -2.29. The molecular weight excluding hydrogens is 470 g/mol. The van der Waals surface area contributed by atoms with Crippen molar-refractivity contribution in [1.29, 1.82) is 0 Å². The molecule has 0 saturated carbocycles. The summed E-state index contributed by atoms with van der Waals surface area (Å²) in [6.07, 6.45) is 4.02. The molecule has 3 aromatic rings. The van der Waals surface area contributed by atoms with Crippen molar-refractivity contribution < 1.29 is 19.4 Å². The van der Waals surface area contributed by atoms with Gasteiger partial charge in [0, 0.05) is 30.3 Å². The van der Waals surface area contributed by atoms with Gasteiger partial charge in [-0.2, -0.15) is 5.10 Å². The zero-order chi connectivity index (χ0) is 24.1. The summed E-state index contributed by atoms with van der Waals surface area (Å²) in [6.45, 7) is 2.80. The van der Waals surface area contributed by atoms with Crippen LogP contribution in [-0.2, 0) is 9.59 Å². The Hall–Kier alpha value is -3.43. The molecule has 1 aliphatic rings. The minimum absolute atomic E-state index is 0.0121. The molecule has 0 atom stereocenters. The molecule has 2 heterocycles. The van der Waals surface area contributed by atoms with E-state index in [0.29, 0.717) is 22.3 Å². The number of carboxylic acids is 1. The van der Waals surface area contributed by atoms with Gasteiger partial charge in [0.1, 0.15) is 10.1 Å². The highest BCUT2D eigenvalue weighted by Gasteiger charge is 2.32. The first-order valence-corrected chi connectivity index (χ1v) is 12.0. The summed E-state index contributed by atoms with van der Waals surface area (Å²) < 4.78 is 7.76. The van der Waals surface area contributed by atoms with Gasteiger partial charge >= 0.3 is 5.97 Å². The quantitative estimate of drug-likeness (QED) is 0.332. The van der Waals surface area contributed by atoms with Crippen molar-refractivity contribution in [3.8, 4) is 22.7 Å². The molecule has 7 nitrogen and oxygen atoms in total. The normalized spacial score (nSPS) is 14.7. The van der Waals surface area contributed by atoms with E-state index in [1.807, 2.05) is 67.7 Å². The summed E-state index contributed by atoms with van der Waals surface area (Å²) in [5.74, 6) is -0.336. The Morgan fingerprint density at radius 3 is 2.59 bits per heavy atom. The Bertz CT molecular complexity index is 1240. The van der Waals surface area contributed by atoms with Crippen LogP contribution in [0.1, 0.15) is 25.3 Å². The van der Waals surface area contributed by atoms with Crippen LogP contribution in [0, 0.1) is 0 Å². The first-order valence-electron chi connectivity index (χ1n) is 10.8. The Kier molecular flexibility index (Phi) is 7.44. The van der Waals surface area contributed by atoms with E-state index >= 15 is 0 Å². The number of rotatable bonds is 9. The number of nitrogens with zero attached hydrogens (tertiary/aromatic N) is 3. The Morgan fingerprint density at radius 1 is 1.18 bits per heavy atom. The summed E-state index contributed by atoms with van der Waals surface area (Å²) in [5, 5.41) is 13.7. The van der Waals surface area contributed by atoms with E-state index < -0.39 is 5.97 Å². The van der Waals surface area contributed by atoms with Gasteiger partial charge in [-0.05, 0) is 55.8 Å². The molecular formula is C25H23N3O4S2. The number of hydrogen-bond acceptors (Lipinski definition) is 6. The topological polar surface area (TPSA) is 84.7 Å². The number of hydrogen-bond donors (Lipinski definition) is 1. The lowest BCUT2D eigenvalue weighted by molar-refractivity contribution is -0.137. The number of amides is 1. The number of benzene rings is 2. The van der Waals surface area contributed by atoms with Gasteiger partial charge in [-0.25, -0.2) is 4.68 Å². The zero-order valence-corrected chi connectivity index (χ0v) is 20.1. The maximum Gasteiger partial charge on any atom is 0.303 e. The second-order valence-corrected chi connectivity index (χ2v) is 9.18. The average molecular weight is 494 g/mol. The number of aliphatic carboxylic acids is 1. The van der Waals surface area contributed by atoms with Gasteiger partial charge in [0.2, 0.25) is 0 Å². The summed E-state index contributed by atoms with van der Waals surface area (Å²) >= 11 is 6.60. The predicted molar refractivity (Wildman–Crippen MR) is 137 cm³/mol. The van der Waals surface area contributed by atoms with Gasteiger partial charge in [0.25, 0.3) is 5.91 Å². The van der Waals surface area contributed by atoms with E-state index in [2.05, 4.69) is 0 Å². The Labute approximate surface area is 207 Å². The van der Waals surface area contributed by atoms with E-state index in [4.69, 9.17) is 27.2 Å². The monoisotopic (exact) mass is 493 g/mol. The van der Waals surface area contributed by atoms with Gasteiger partial charge in [-0.1, -0.05) is 42.2 Å². The van der Waals surface area contributed by atoms with Crippen molar-refractivity contribution >= 4 is 46.3 Å². The van der Waals surface area contributed by atoms with E-state index in [0.717, 1.165) is 28.3 Å². The molecule has 1 N–H and O–H groups in total. The molecule has 0 spiro atoms. The zero-order valence-electron chi connectivity index (χ0n) is 18.5. The summed E-state index contributed by atoms with van der Waals surface area (Å²) in [4.78, 5) is 25.8. The minimum Gasteiger partial charge on any atom is -0.494 e. The second kappa shape index (κ2) is 10.7. The molecule has 0 aliphatic carbocycles. The van der Waals surface area contributed by atoms with Crippen LogP contribution in [0.3, 0.4) is 0 Å². The SMILES string of the molecule is CCOc1ccc(-c2nn(-c3ccccc3)cc2/C=C2/SC(=S)N(CCCC(=O)O)C2=O)cc1. The largest absolute Gasteiger partial charge is 0.494 e. The number of para-hydroxylation sites is 1. The van der Waals surface area contributed by atoms with Crippen LogP contribution in [-0.4, -0.2) is 49.1 Å². The minimum atomic E-state index is -0.894. The molecule has 1 aliphatic heterocycles. The van der Waals surface area contributed by atoms with Crippen LogP contribution in [0.2, 0.25) is 0 Å². The van der Waals surface area contributed by atoms with Gasteiger partial charge in [-0.15, -0.1) is 0 Å². The average Bonchev–Trinajstić information content (AvgIpc) is 3.36. The molecule has 1 amide bonds. The second-order valence-electron chi connectivity index (χ2n) is 7.50. The number of ether oxygens (including phenoxy) is 1. The highest BCUT2D eigenvalue weighted by molar-refractivity contribution is 8.26. The molecule has 1 saturated heterocycles. The van der Waals surface area contributed by atoms with Gasteiger partial charge in [0.05, 0.1) is 22.9 Å². The number of carboxylic acid groups (broad SMARTS) is 1. The van der Waals surface area contributed by atoms with Crippen LogP contribution in [0.4, 0.5) is 0 Å². The van der Waals surface area contributed by atoms with Crippen molar-refractivity contribution in [2.45, 2.75) is 19.8 Å². The molecule has 1 aromatic heterocycles. The lowest BCUT2D eigenvalue weighted by atomic mass is 10.1. The van der Waals surface area contributed by atoms with Crippen molar-refractivity contribution in [2.24, 2.45) is 0 Å². The van der Waals surface area contributed by atoms with Crippen molar-refractivity contribution in [1.82, 2.24) is 14.7 Å². The fourth-order valence-electron chi connectivity index (χ4n) is 3.53. The number of thiocarbonyl (C=S) groups is 1. The fraction of sp³-hybridized carbons (Fsp3) is 0.200. The molecule has 4 rings (SSSR count). The van der Waals surface area contributed by atoms with Crippen molar-refractivity contribution in [3.63, 3.8) is 0 Å². The molecule has 0 radical (unpaired) electrons. The van der Waals surface area contributed by atoms with Crippen molar-refractivity contribution in [2.75, 3.05) is 13.2 Å². The Morgan fingerprint density at radius 2 is 1.91 bits per heavy atom. The van der Waals surface area contributed by atoms with E-state index in [-0.39, 0.29) is 18.9 Å². The molecule has 2 aromatic carbocycles. The van der Waals surface area contributed by atoms with Gasteiger partial charge in [-0.3, -0.25) is 14.5 Å². The summed E-state index contributed by atoms with van der Waals surface area (Å²) in [6, 6.07) is 17.4. The highest BCUT2D eigenvalue weighted by Crippen LogP contribution is 2.35. The standard InChI is InChI=1S/C25H23N3O4S2/c1-2-32-20-12-10-17(11-13-20)23-18(16-28(26-23)19-7-4-3-5-8-19)15-21-24(31)27(25(33)34-21)14-6-9-22(29)30/h3-5,7-8,10-13,15-16H,2,6,9,14H2,1H3,(H,29,30)/b21-15+. The molecule has 1 fully saturated rings. The third-order valence-electron chi connectivity index (χ3n) is 5.13. The molecule has 174 valence electrons. The van der Waals surface area contributed by atoms with Crippen LogP contribution in [0.25, 0.3) is 23.0 Å². The lowest BCUT2D eigenvalue weighted by Gasteiger charge is -2.13. The van der Waals surface area contributed by atoms with Crippen LogP contribution >= 0.6 is 24.0 Å². The first-order chi connectivity index (χ1) is 16.5. The van der Waals surface area contributed by atoms with E-state index in [1.165, 1.54) is 16.7 Å². The van der Waals surface area contributed by atoms with Crippen LogP contribution < -0.4 is 4.74 Å². The number of aromatic nitrogens is 2. The maximum atomic E-state index is 13.0. The van der Waals surface area contributed by atoms with E-state index in [1.54, 1.807) is 10.8 Å². The van der Waals surface area contributed by atoms with Crippen molar-refractivity contribution in [3.05, 3.63) is 71.3 Å². The number of carbonyl (C=O) groups excluding carboxylic acids is 1. The third-order valence-corrected chi connectivity index (χ3v) is 6.51. The fourth-order valence-corrected chi connectivity index (χ4v) is 4.83. The van der Waals surface area contributed by atoms with E-state index in [9.17, 15) is 9.59 Å². The maximum absolute atomic E-state index is 13.0. The van der Waals surface area contributed by atoms with Crippen LogP contribution in [0.5, 0.6) is 5.75 Å². The summed E-state index contributed by atoms with van der Waals surface area (Å²) in [7, 11) is 0. The predicted octanol–water partition coefficient (Wildman–Crippen LogP) is 5.00. The highest BCUT2D eigenvalue weighted by atomic mass is 32.2. The molecule has 0 unspecified atom stereocenters. The number of thioether (sulfide) groups is 1. The first kappa shape index (κ1) is 23.7. The summed E-state index contributed by atoms with van der Waals surface area (Å²) in [5.41, 5.74) is 3.29. The molecule has 9 heteroatoms. The number of carbonyl (C=O) groups is 2. The molecule has 0 bridgehead atoms.